The van der Waals surface area contributed by atoms with Gasteiger partial charge in [0.25, 0.3) is 0 Å². The zero-order valence-corrected chi connectivity index (χ0v) is 17.9. The molecular formula is C22H26F5N5. The highest BCUT2D eigenvalue weighted by atomic mass is 19.4. The molecule has 174 valence electrons. The minimum atomic E-state index is -4.74. The molecule has 1 N–H and O–H groups in total. The van der Waals surface area contributed by atoms with Gasteiger partial charge < -0.3 is 15.1 Å². The predicted molar refractivity (Wildman–Crippen MR) is 114 cm³/mol. The predicted octanol–water partition coefficient (Wildman–Crippen LogP) is 5.22. The molecule has 2 unspecified atom stereocenters. The maximum atomic E-state index is 13.6. The number of anilines is 4. The normalized spacial score (nSPS) is 26.5. The van der Waals surface area contributed by atoms with Crippen LogP contribution in [0.2, 0.25) is 0 Å². The molecule has 0 radical (unpaired) electrons. The summed E-state index contributed by atoms with van der Waals surface area (Å²) < 4.78 is 67.4. The average Bonchev–Trinajstić information content (AvgIpc) is 3.05. The van der Waals surface area contributed by atoms with Crippen LogP contribution in [0.25, 0.3) is 0 Å². The van der Waals surface area contributed by atoms with Crippen molar-refractivity contribution in [3.8, 4) is 0 Å². The molecule has 1 aromatic heterocycles. The number of nitrogens with zero attached hydrogens (tertiary/aromatic N) is 4. The molecule has 0 spiro atoms. The van der Waals surface area contributed by atoms with Gasteiger partial charge in [0.1, 0.15) is 11.4 Å². The molecule has 0 bridgehead atoms. The van der Waals surface area contributed by atoms with Crippen molar-refractivity contribution in [2.24, 2.45) is 11.8 Å². The Morgan fingerprint density at radius 1 is 0.906 bits per heavy atom. The lowest BCUT2D eigenvalue weighted by molar-refractivity contribution is -0.137. The van der Waals surface area contributed by atoms with Crippen molar-refractivity contribution in [1.82, 2.24) is 9.97 Å². The van der Waals surface area contributed by atoms with Crippen LogP contribution in [0.3, 0.4) is 0 Å². The Labute approximate surface area is 183 Å². The van der Waals surface area contributed by atoms with Crippen molar-refractivity contribution < 1.29 is 22.0 Å². The van der Waals surface area contributed by atoms with Crippen LogP contribution in [-0.4, -0.2) is 48.5 Å². The van der Waals surface area contributed by atoms with Gasteiger partial charge in [-0.1, -0.05) is 13.8 Å². The van der Waals surface area contributed by atoms with Gasteiger partial charge in [-0.05, 0) is 42.5 Å². The van der Waals surface area contributed by atoms with Crippen LogP contribution < -0.4 is 15.1 Å². The van der Waals surface area contributed by atoms with Gasteiger partial charge in [-0.15, -0.1) is 0 Å². The summed E-state index contributed by atoms with van der Waals surface area (Å²) in [5.41, 5.74) is 0.557. The first-order valence-electron chi connectivity index (χ1n) is 10.7. The Hall–Kier alpha value is -2.65. The summed E-state index contributed by atoms with van der Waals surface area (Å²) in [4.78, 5) is 11.0. The first kappa shape index (κ1) is 22.5. The fourth-order valence-corrected chi connectivity index (χ4v) is 4.53. The van der Waals surface area contributed by atoms with E-state index < -0.39 is 43.0 Å². The maximum Gasteiger partial charge on any atom is 0.421 e. The van der Waals surface area contributed by atoms with E-state index in [4.69, 9.17) is 0 Å². The molecule has 0 amide bonds. The Balaban J connectivity index is 1.53. The molecule has 10 heteroatoms. The van der Waals surface area contributed by atoms with Crippen LogP contribution in [0.4, 0.5) is 45.1 Å². The van der Waals surface area contributed by atoms with Crippen molar-refractivity contribution in [1.29, 1.82) is 0 Å². The van der Waals surface area contributed by atoms with Gasteiger partial charge in [-0.25, -0.2) is 13.8 Å². The third kappa shape index (κ3) is 4.88. The number of hydrogen-bond acceptors (Lipinski definition) is 5. The number of halogens is 5. The molecule has 5 nitrogen and oxygen atoms in total. The van der Waals surface area contributed by atoms with Crippen LogP contribution in [0, 0.1) is 11.8 Å². The largest absolute Gasteiger partial charge is 0.421 e. The van der Waals surface area contributed by atoms with Gasteiger partial charge in [0.05, 0.1) is 13.1 Å². The molecule has 0 aliphatic carbocycles. The quantitative estimate of drug-likeness (QED) is 0.641. The second-order valence-electron chi connectivity index (χ2n) is 8.89. The first-order chi connectivity index (χ1) is 15.1. The molecule has 2 aromatic rings. The third-order valence-corrected chi connectivity index (χ3v) is 5.91. The van der Waals surface area contributed by atoms with E-state index in [1.807, 2.05) is 24.3 Å². The van der Waals surface area contributed by atoms with Gasteiger partial charge in [0, 0.05) is 30.7 Å². The van der Waals surface area contributed by atoms with E-state index >= 15 is 0 Å². The molecule has 1 aromatic carbocycles. The minimum absolute atomic E-state index is 0.0707. The fourth-order valence-electron chi connectivity index (χ4n) is 4.53. The lowest BCUT2D eigenvalue weighted by atomic mass is 9.91. The topological polar surface area (TPSA) is 44.3 Å². The molecule has 32 heavy (non-hydrogen) atoms. The molecule has 4 rings (SSSR count). The average molecular weight is 455 g/mol. The number of hydrogen-bond donors (Lipinski definition) is 1. The Morgan fingerprint density at radius 3 is 2.06 bits per heavy atom. The van der Waals surface area contributed by atoms with Crippen molar-refractivity contribution in [2.75, 3.05) is 41.3 Å². The smallest absolute Gasteiger partial charge is 0.371 e. The Kier molecular flexibility index (Phi) is 6.13. The minimum Gasteiger partial charge on any atom is -0.371 e. The van der Waals surface area contributed by atoms with Gasteiger partial charge >= 0.3 is 6.18 Å². The monoisotopic (exact) mass is 455 g/mol. The zero-order chi connectivity index (χ0) is 23.0. The van der Waals surface area contributed by atoms with Crippen LogP contribution in [0.1, 0.15) is 25.8 Å². The fraction of sp³-hybridized carbons (Fsp3) is 0.545. The number of piperidine rings is 1. The molecule has 4 atom stereocenters. The van der Waals surface area contributed by atoms with Gasteiger partial charge in [-0.3, -0.25) is 0 Å². The number of rotatable bonds is 4. The van der Waals surface area contributed by atoms with Crippen molar-refractivity contribution in [2.45, 2.75) is 38.8 Å². The summed E-state index contributed by atoms with van der Waals surface area (Å²) in [6.45, 7) is 5.44. The lowest BCUT2D eigenvalue weighted by Gasteiger charge is -2.36. The van der Waals surface area contributed by atoms with E-state index in [0.717, 1.165) is 23.7 Å². The Bertz CT molecular complexity index is 915. The molecule has 2 saturated heterocycles. The second kappa shape index (κ2) is 8.71. The van der Waals surface area contributed by atoms with Crippen molar-refractivity contribution >= 4 is 23.1 Å². The summed E-state index contributed by atoms with van der Waals surface area (Å²) in [5.74, 6) is 0.618. The lowest BCUT2D eigenvalue weighted by Crippen LogP contribution is -2.38. The molecule has 0 saturated carbocycles. The highest BCUT2D eigenvalue weighted by molar-refractivity contribution is 5.61. The van der Waals surface area contributed by atoms with Crippen LogP contribution in [0.5, 0.6) is 0 Å². The Morgan fingerprint density at radius 2 is 1.50 bits per heavy atom. The summed E-state index contributed by atoms with van der Waals surface area (Å²) >= 11 is 0. The van der Waals surface area contributed by atoms with E-state index in [1.54, 1.807) is 0 Å². The second-order valence-corrected chi connectivity index (χ2v) is 8.89. The molecule has 3 heterocycles. The van der Waals surface area contributed by atoms with Gasteiger partial charge in [0.15, 0.2) is 12.3 Å². The SMILES string of the molecule is CC1CC(C)CN(c2ccc(Nc3ncc(C(F)(F)F)c(N4C[C@H](F)[C@@H](F)C4)n3)cc2)C1. The number of alkyl halides is 5. The van der Waals surface area contributed by atoms with E-state index in [2.05, 4.69) is 34.0 Å². The summed E-state index contributed by atoms with van der Waals surface area (Å²) in [6.07, 6.45) is -6.59. The van der Waals surface area contributed by atoms with Gasteiger partial charge in [0.2, 0.25) is 5.95 Å². The zero-order valence-electron chi connectivity index (χ0n) is 17.9. The van der Waals surface area contributed by atoms with Crippen LogP contribution >= 0.6 is 0 Å². The van der Waals surface area contributed by atoms with Crippen LogP contribution in [-0.2, 0) is 6.18 Å². The standard InChI is InChI=1S/C22H26F5N5/c1-13-7-14(2)10-31(9-13)16-5-3-15(4-6-16)29-21-28-8-17(22(25,26)27)20(30-21)32-11-18(23)19(24)12-32/h3-6,8,13-14,18-19H,7,9-12H2,1-2H3,(H,28,29,30)/t13?,14?,18-,19-/m0/s1. The van der Waals surface area contributed by atoms with E-state index in [1.165, 1.54) is 6.42 Å². The summed E-state index contributed by atoms with van der Waals surface area (Å²) in [7, 11) is 0. The first-order valence-corrected chi connectivity index (χ1v) is 10.7. The highest BCUT2D eigenvalue weighted by Crippen LogP contribution is 2.37. The summed E-state index contributed by atoms with van der Waals surface area (Å²) in [6, 6.07) is 7.51. The third-order valence-electron chi connectivity index (χ3n) is 5.91. The van der Waals surface area contributed by atoms with Crippen molar-refractivity contribution in [3.05, 3.63) is 36.0 Å². The summed E-state index contributed by atoms with van der Waals surface area (Å²) in [5, 5.41) is 2.89. The highest BCUT2D eigenvalue weighted by Gasteiger charge is 2.41. The van der Waals surface area contributed by atoms with E-state index in [0.29, 0.717) is 23.7 Å². The maximum absolute atomic E-state index is 13.6. The van der Waals surface area contributed by atoms with Crippen molar-refractivity contribution in [3.63, 3.8) is 0 Å². The molecule has 2 aliphatic rings. The van der Waals surface area contributed by atoms with E-state index in [9.17, 15) is 22.0 Å². The van der Waals surface area contributed by atoms with Gasteiger partial charge in [-0.2, -0.15) is 18.2 Å². The number of aromatic nitrogens is 2. The molecular weight excluding hydrogens is 429 g/mol. The number of benzene rings is 1. The van der Waals surface area contributed by atoms with E-state index in [-0.39, 0.29) is 5.95 Å². The van der Waals surface area contributed by atoms with Crippen LogP contribution in [0.15, 0.2) is 30.5 Å². The molecule has 2 aliphatic heterocycles. The molecule has 2 fully saturated rings. The number of nitrogens with one attached hydrogen (secondary N) is 1.